The van der Waals surface area contributed by atoms with E-state index in [1.165, 1.54) is 28.6 Å². The molecule has 0 bridgehead atoms. The molecule has 136 valence electrons. The molecule has 0 spiro atoms. The number of hydrogen-bond acceptors (Lipinski definition) is 4. The minimum atomic E-state index is -3.36. The SMILES string of the molecule is CS(=O)(=O)N1CCc2cc(C(=O)NNC(=O)c3ccccc3F)ccc21. The molecule has 1 aliphatic heterocycles. The van der Waals surface area contributed by atoms with Gasteiger partial charge in [0.05, 0.1) is 17.5 Å². The minimum Gasteiger partial charge on any atom is -0.270 e. The van der Waals surface area contributed by atoms with Crippen molar-refractivity contribution in [2.45, 2.75) is 6.42 Å². The lowest BCUT2D eigenvalue weighted by molar-refractivity contribution is 0.0844. The lowest BCUT2D eigenvalue weighted by Gasteiger charge is -2.16. The lowest BCUT2D eigenvalue weighted by Crippen LogP contribution is -2.42. The second-order valence-corrected chi connectivity index (χ2v) is 7.72. The first-order chi connectivity index (χ1) is 12.3. The zero-order valence-corrected chi connectivity index (χ0v) is 14.6. The van der Waals surface area contributed by atoms with Gasteiger partial charge in [0.1, 0.15) is 5.82 Å². The molecule has 7 nitrogen and oxygen atoms in total. The number of hydrazine groups is 1. The van der Waals surface area contributed by atoms with Crippen LogP contribution in [0.5, 0.6) is 0 Å². The Kier molecular flexibility index (Phi) is 4.64. The number of sulfonamides is 1. The Labute approximate surface area is 149 Å². The van der Waals surface area contributed by atoms with Crippen LogP contribution in [-0.4, -0.2) is 33.0 Å². The van der Waals surface area contributed by atoms with Crippen LogP contribution in [0.15, 0.2) is 42.5 Å². The van der Waals surface area contributed by atoms with Gasteiger partial charge in [-0.1, -0.05) is 12.1 Å². The van der Waals surface area contributed by atoms with Gasteiger partial charge in [0.2, 0.25) is 10.0 Å². The molecule has 2 aromatic carbocycles. The first-order valence-electron chi connectivity index (χ1n) is 7.73. The number of nitrogens with zero attached hydrogens (tertiary/aromatic N) is 1. The van der Waals surface area contributed by atoms with Crippen LogP contribution in [0.3, 0.4) is 0 Å². The molecule has 0 aromatic heterocycles. The van der Waals surface area contributed by atoms with Gasteiger partial charge in [0.25, 0.3) is 11.8 Å². The van der Waals surface area contributed by atoms with Crippen LogP contribution in [-0.2, 0) is 16.4 Å². The van der Waals surface area contributed by atoms with Crippen LogP contribution in [0.1, 0.15) is 26.3 Å². The molecule has 9 heteroatoms. The third-order valence-electron chi connectivity index (χ3n) is 4.00. The van der Waals surface area contributed by atoms with Gasteiger partial charge in [-0.05, 0) is 42.3 Å². The summed E-state index contributed by atoms with van der Waals surface area (Å²) in [6.45, 7) is 0.323. The number of benzene rings is 2. The number of nitrogens with one attached hydrogen (secondary N) is 2. The van der Waals surface area contributed by atoms with Crippen LogP contribution in [0, 0.1) is 5.82 Å². The van der Waals surface area contributed by atoms with E-state index in [4.69, 9.17) is 0 Å². The van der Waals surface area contributed by atoms with E-state index in [1.807, 2.05) is 0 Å². The number of carbonyl (C=O) groups is 2. The maximum absolute atomic E-state index is 13.5. The molecule has 3 rings (SSSR count). The highest BCUT2D eigenvalue weighted by atomic mass is 32.2. The van der Waals surface area contributed by atoms with Gasteiger partial charge in [0, 0.05) is 12.1 Å². The Morgan fingerprint density at radius 2 is 1.77 bits per heavy atom. The number of anilines is 1. The Balaban J connectivity index is 1.70. The van der Waals surface area contributed by atoms with E-state index >= 15 is 0 Å². The fourth-order valence-corrected chi connectivity index (χ4v) is 3.71. The summed E-state index contributed by atoms with van der Waals surface area (Å²) in [7, 11) is -3.36. The van der Waals surface area contributed by atoms with Crippen molar-refractivity contribution >= 4 is 27.5 Å². The van der Waals surface area contributed by atoms with Crippen LogP contribution >= 0.6 is 0 Å². The smallest absolute Gasteiger partial charge is 0.270 e. The van der Waals surface area contributed by atoms with Crippen molar-refractivity contribution in [2.24, 2.45) is 0 Å². The van der Waals surface area contributed by atoms with Gasteiger partial charge in [0.15, 0.2) is 0 Å². The van der Waals surface area contributed by atoms with Crippen LogP contribution in [0.4, 0.5) is 10.1 Å². The molecule has 0 radical (unpaired) electrons. The Hall–Kier alpha value is -2.94. The zero-order valence-electron chi connectivity index (χ0n) is 13.8. The molecule has 2 amide bonds. The summed E-state index contributed by atoms with van der Waals surface area (Å²) >= 11 is 0. The summed E-state index contributed by atoms with van der Waals surface area (Å²) in [6.07, 6.45) is 1.62. The van der Waals surface area contributed by atoms with Crippen molar-refractivity contribution in [3.8, 4) is 0 Å². The number of amides is 2. The fourth-order valence-electron chi connectivity index (χ4n) is 2.76. The van der Waals surface area contributed by atoms with Crippen molar-refractivity contribution in [2.75, 3.05) is 17.1 Å². The highest BCUT2D eigenvalue weighted by Crippen LogP contribution is 2.30. The molecule has 26 heavy (non-hydrogen) atoms. The van der Waals surface area contributed by atoms with Crippen LogP contribution < -0.4 is 15.2 Å². The van der Waals surface area contributed by atoms with Gasteiger partial charge >= 0.3 is 0 Å². The fraction of sp³-hybridized carbons (Fsp3) is 0.176. The summed E-state index contributed by atoms with van der Waals surface area (Å²) in [5.74, 6) is -2.06. The van der Waals surface area contributed by atoms with E-state index < -0.39 is 27.7 Å². The molecule has 0 saturated carbocycles. The number of fused-ring (bicyclic) bond motifs is 1. The van der Waals surface area contributed by atoms with E-state index in [2.05, 4.69) is 10.9 Å². The van der Waals surface area contributed by atoms with E-state index in [1.54, 1.807) is 12.1 Å². The largest absolute Gasteiger partial charge is 0.272 e. The van der Waals surface area contributed by atoms with Crippen LogP contribution in [0.25, 0.3) is 0 Å². The topological polar surface area (TPSA) is 95.6 Å². The zero-order chi connectivity index (χ0) is 18.9. The molecule has 2 N–H and O–H groups in total. The molecular formula is C17H16FN3O4S. The number of rotatable bonds is 3. The molecule has 2 aromatic rings. The Bertz CT molecular complexity index is 991. The first-order valence-corrected chi connectivity index (χ1v) is 9.58. The number of hydrogen-bond donors (Lipinski definition) is 2. The third-order valence-corrected chi connectivity index (χ3v) is 5.18. The van der Waals surface area contributed by atoms with Gasteiger partial charge < -0.3 is 0 Å². The van der Waals surface area contributed by atoms with Crippen molar-refractivity contribution in [3.63, 3.8) is 0 Å². The van der Waals surface area contributed by atoms with Gasteiger partial charge in [-0.15, -0.1) is 0 Å². The van der Waals surface area contributed by atoms with E-state index in [0.717, 1.165) is 17.9 Å². The van der Waals surface area contributed by atoms with E-state index in [-0.39, 0.29) is 11.1 Å². The second kappa shape index (κ2) is 6.75. The number of halogens is 1. The summed E-state index contributed by atoms with van der Waals surface area (Å²) in [5, 5.41) is 0. The standard InChI is InChI=1S/C17H16FN3O4S/c1-26(24,25)21-9-8-11-10-12(6-7-15(11)21)16(22)19-20-17(23)13-4-2-3-5-14(13)18/h2-7,10H,8-9H2,1H3,(H,19,22)(H,20,23). The average molecular weight is 377 g/mol. The summed E-state index contributed by atoms with van der Waals surface area (Å²) in [4.78, 5) is 24.1. The first kappa shape index (κ1) is 17.9. The summed E-state index contributed by atoms with van der Waals surface area (Å²) in [5.41, 5.74) is 5.71. The normalized spacial score (nSPS) is 13.2. The Morgan fingerprint density at radius 3 is 2.46 bits per heavy atom. The van der Waals surface area contributed by atoms with E-state index in [9.17, 15) is 22.4 Å². The van der Waals surface area contributed by atoms with Crippen molar-refractivity contribution in [1.82, 2.24) is 10.9 Å². The average Bonchev–Trinajstić information content (AvgIpc) is 3.03. The monoisotopic (exact) mass is 377 g/mol. The lowest BCUT2D eigenvalue weighted by atomic mass is 10.1. The summed E-state index contributed by atoms with van der Waals surface area (Å²) in [6, 6.07) is 9.99. The molecule has 0 aliphatic carbocycles. The maximum atomic E-state index is 13.5. The summed E-state index contributed by atoms with van der Waals surface area (Å²) < 4.78 is 38.3. The van der Waals surface area contributed by atoms with Crippen LogP contribution in [0.2, 0.25) is 0 Å². The van der Waals surface area contributed by atoms with Gasteiger partial charge in [-0.25, -0.2) is 12.8 Å². The van der Waals surface area contributed by atoms with Crippen molar-refractivity contribution in [1.29, 1.82) is 0 Å². The molecular weight excluding hydrogens is 361 g/mol. The molecule has 0 unspecified atom stereocenters. The van der Waals surface area contributed by atoms with Gasteiger partial charge in [-0.2, -0.15) is 0 Å². The highest BCUT2D eigenvalue weighted by molar-refractivity contribution is 7.92. The predicted octanol–water partition coefficient (Wildman–Crippen LogP) is 1.22. The minimum absolute atomic E-state index is 0.189. The molecule has 0 saturated heterocycles. The highest BCUT2D eigenvalue weighted by Gasteiger charge is 2.26. The molecule has 1 aliphatic rings. The van der Waals surface area contributed by atoms with E-state index in [0.29, 0.717) is 18.7 Å². The quantitative estimate of drug-likeness (QED) is 0.787. The molecule has 0 atom stereocenters. The second-order valence-electron chi connectivity index (χ2n) is 5.82. The van der Waals surface area contributed by atoms with Gasteiger partial charge in [-0.3, -0.25) is 24.7 Å². The Morgan fingerprint density at radius 1 is 1.08 bits per heavy atom. The number of carbonyl (C=O) groups excluding carboxylic acids is 2. The molecule has 0 fully saturated rings. The van der Waals surface area contributed by atoms with Crippen molar-refractivity contribution in [3.05, 3.63) is 65.0 Å². The van der Waals surface area contributed by atoms with Crippen molar-refractivity contribution < 1.29 is 22.4 Å². The maximum Gasteiger partial charge on any atom is 0.272 e. The third kappa shape index (κ3) is 3.52. The molecule has 1 heterocycles. The predicted molar refractivity (Wildman–Crippen MR) is 93.7 cm³/mol.